The van der Waals surface area contributed by atoms with Crippen molar-refractivity contribution in [3.8, 4) is 34.9 Å². The van der Waals surface area contributed by atoms with Crippen molar-refractivity contribution in [3.05, 3.63) is 65.6 Å². The van der Waals surface area contributed by atoms with Crippen molar-refractivity contribution in [2.45, 2.75) is 66.2 Å². The number of rotatable bonds is 11. The van der Waals surface area contributed by atoms with Gasteiger partial charge in [0.1, 0.15) is 17.5 Å². The van der Waals surface area contributed by atoms with Crippen molar-refractivity contribution in [1.82, 2.24) is 20.1 Å². The highest BCUT2D eigenvalue weighted by atomic mass is 19.3. The van der Waals surface area contributed by atoms with Crippen LogP contribution in [0.15, 0.2) is 48.7 Å². The van der Waals surface area contributed by atoms with Gasteiger partial charge >= 0.3 is 0 Å². The summed E-state index contributed by atoms with van der Waals surface area (Å²) in [6.45, 7) is 12.7. The molecule has 1 unspecified atom stereocenters. The molecule has 1 fully saturated rings. The van der Waals surface area contributed by atoms with Crippen LogP contribution in [-0.4, -0.2) is 63.8 Å². The van der Waals surface area contributed by atoms with E-state index in [0.29, 0.717) is 22.9 Å². The number of phenols is 1. The van der Waals surface area contributed by atoms with Crippen LogP contribution in [-0.2, 0) is 0 Å². The highest BCUT2D eigenvalue weighted by Gasteiger charge is 2.43. The molecule has 2 aromatic heterocycles. The van der Waals surface area contributed by atoms with Crippen molar-refractivity contribution in [2.75, 3.05) is 37.6 Å². The Morgan fingerprint density at radius 3 is 2.48 bits per heavy atom. The lowest BCUT2D eigenvalue weighted by Gasteiger charge is -2.37. The molecule has 0 aliphatic carbocycles. The molecule has 0 bridgehead atoms. The smallest absolute Gasteiger partial charge is 0.273 e. The summed E-state index contributed by atoms with van der Waals surface area (Å²) >= 11 is 0. The average Bonchev–Trinajstić information content (AvgIpc) is 2.99. The van der Waals surface area contributed by atoms with Crippen LogP contribution in [0.4, 0.5) is 14.5 Å². The molecule has 1 aliphatic heterocycles. The predicted molar refractivity (Wildman–Crippen MR) is 171 cm³/mol. The standard InChI is InChI=1S/C22H33N3O.C13H11F2N3/c1-5-12-25(16-17(4)13-18(6-2)7-3)19-14-21(24-23-15-19)20-10-8-9-11-22(20)26;1-10-4-5-11(7-16)12(17-10)3-2-6-18-8-13(14,15)9-18/h8-11,14-15,17-18,26H,5-7,12-13,16H2,1-4H3;4-5H,6,8-9H2,1H3. The third-order valence-corrected chi connectivity index (χ3v) is 7.68. The Kier molecular flexibility index (Phi) is 13.0. The molecular formula is C35H44F2N6O. The lowest BCUT2D eigenvalue weighted by Crippen LogP contribution is -2.55. The highest BCUT2D eigenvalue weighted by Crippen LogP contribution is 2.30. The van der Waals surface area contributed by atoms with E-state index in [4.69, 9.17) is 5.26 Å². The fraction of sp³-hybridized carbons (Fsp3) is 0.486. The van der Waals surface area contributed by atoms with Gasteiger partial charge in [0.25, 0.3) is 5.92 Å². The summed E-state index contributed by atoms with van der Waals surface area (Å²) in [4.78, 5) is 8.11. The largest absolute Gasteiger partial charge is 0.507 e. The fourth-order valence-corrected chi connectivity index (χ4v) is 5.29. The lowest BCUT2D eigenvalue weighted by molar-refractivity contribution is -0.125. The molecule has 1 atom stereocenters. The number of nitrogens with zero attached hydrogens (tertiary/aromatic N) is 6. The Morgan fingerprint density at radius 1 is 1.11 bits per heavy atom. The SMILES string of the molecule is CCCN(CC(C)CC(CC)CC)c1cnnc(-c2ccccc2O)c1.Cc1ccc(C#N)c(C#CCN2CC(F)(F)C2)n1. The van der Waals surface area contributed by atoms with Crippen molar-refractivity contribution in [1.29, 1.82) is 5.26 Å². The molecule has 1 aromatic carbocycles. The van der Waals surface area contributed by atoms with Crippen LogP contribution in [0.3, 0.4) is 0 Å². The summed E-state index contributed by atoms with van der Waals surface area (Å²) in [6.07, 6.45) is 6.69. The average molecular weight is 603 g/mol. The highest BCUT2D eigenvalue weighted by molar-refractivity contribution is 5.69. The number of pyridine rings is 1. The molecule has 4 rings (SSSR count). The number of aryl methyl sites for hydroxylation is 1. The van der Waals surface area contributed by atoms with Gasteiger partial charge in [-0.1, -0.05) is 58.6 Å². The van der Waals surface area contributed by atoms with Crippen LogP contribution in [0.1, 0.15) is 70.3 Å². The molecule has 3 aromatic rings. The summed E-state index contributed by atoms with van der Waals surface area (Å²) in [5.41, 5.74) is 4.11. The summed E-state index contributed by atoms with van der Waals surface area (Å²) in [5.74, 6) is 4.64. The number of likely N-dealkylation sites (tertiary alicyclic amines) is 1. The van der Waals surface area contributed by atoms with E-state index in [-0.39, 0.29) is 25.4 Å². The van der Waals surface area contributed by atoms with E-state index in [1.165, 1.54) is 19.3 Å². The molecule has 1 aliphatic rings. The molecule has 0 amide bonds. The second kappa shape index (κ2) is 16.7. The Bertz CT molecular complexity index is 1450. The quantitative estimate of drug-likeness (QED) is 0.234. The molecule has 1 N–H and O–H groups in total. The van der Waals surface area contributed by atoms with Gasteiger partial charge in [-0.2, -0.15) is 15.5 Å². The van der Waals surface area contributed by atoms with Gasteiger partial charge in [-0.05, 0) is 67.9 Å². The Labute approximate surface area is 261 Å². The summed E-state index contributed by atoms with van der Waals surface area (Å²) in [7, 11) is 0. The first kappa shape index (κ1) is 34.4. The maximum atomic E-state index is 12.6. The van der Waals surface area contributed by atoms with Crippen LogP contribution < -0.4 is 4.90 Å². The van der Waals surface area contributed by atoms with Gasteiger partial charge in [0.05, 0.1) is 42.8 Å². The second-order valence-electron chi connectivity index (χ2n) is 11.5. The molecule has 3 heterocycles. The van der Waals surface area contributed by atoms with Gasteiger partial charge in [0.2, 0.25) is 0 Å². The third-order valence-electron chi connectivity index (χ3n) is 7.68. The number of halogens is 2. The molecular weight excluding hydrogens is 558 g/mol. The Morgan fingerprint density at radius 2 is 1.84 bits per heavy atom. The first-order valence-corrected chi connectivity index (χ1v) is 15.4. The monoisotopic (exact) mass is 602 g/mol. The van der Waals surface area contributed by atoms with Crippen LogP contribution in [0.2, 0.25) is 0 Å². The number of alkyl halides is 2. The van der Waals surface area contributed by atoms with Gasteiger partial charge in [0, 0.05) is 24.3 Å². The lowest BCUT2D eigenvalue weighted by atomic mass is 9.91. The molecule has 1 saturated heterocycles. The minimum absolute atomic E-state index is 0.239. The van der Waals surface area contributed by atoms with E-state index in [2.05, 4.69) is 59.6 Å². The third kappa shape index (κ3) is 10.3. The van der Waals surface area contributed by atoms with E-state index < -0.39 is 5.92 Å². The van der Waals surface area contributed by atoms with E-state index >= 15 is 0 Å². The summed E-state index contributed by atoms with van der Waals surface area (Å²) < 4.78 is 25.1. The fourth-order valence-electron chi connectivity index (χ4n) is 5.29. The predicted octanol–water partition coefficient (Wildman–Crippen LogP) is 7.09. The normalized spacial score (nSPS) is 14.3. The second-order valence-corrected chi connectivity index (χ2v) is 11.5. The topological polar surface area (TPSA) is 89.2 Å². The molecule has 9 heteroatoms. The number of hydrogen-bond acceptors (Lipinski definition) is 7. The minimum Gasteiger partial charge on any atom is -0.507 e. The van der Waals surface area contributed by atoms with Gasteiger partial charge in [-0.15, -0.1) is 0 Å². The van der Waals surface area contributed by atoms with Gasteiger partial charge in [-0.25, -0.2) is 13.8 Å². The molecule has 0 saturated carbocycles. The molecule has 234 valence electrons. The van der Waals surface area contributed by atoms with E-state index in [0.717, 1.165) is 42.4 Å². The Hall–Kier alpha value is -4.08. The summed E-state index contributed by atoms with van der Waals surface area (Å²) in [5, 5.41) is 27.4. The van der Waals surface area contributed by atoms with Gasteiger partial charge in [-0.3, -0.25) is 4.90 Å². The maximum Gasteiger partial charge on any atom is 0.273 e. The van der Waals surface area contributed by atoms with Crippen molar-refractivity contribution >= 4 is 5.69 Å². The van der Waals surface area contributed by atoms with E-state index in [1.807, 2.05) is 43.5 Å². The number of anilines is 1. The first-order chi connectivity index (χ1) is 21.1. The van der Waals surface area contributed by atoms with Crippen LogP contribution in [0.25, 0.3) is 11.3 Å². The Balaban J connectivity index is 0.000000257. The number of aromatic nitrogens is 3. The molecule has 0 spiro atoms. The number of hydrogen-bond donors (Lipinski definition) is 1. The number of aromatic hydroxyl groups is 1. The minimum atomic E-state index is -2.57. The van der Waals surface area contributed by atoms with Gasteiger partial charge < -0.3 is 10.0 Å². The van der Waals surface area contributed by atoms with E-state index in [9.17, 15) is 13.9 Å². The van der Waals surface area contributed by atoms with Crippen LogP contribution in [0, 0.1) is 41.9 Å². The first-order valence-electron chi connectivity index (χ1n) is 15.4. The van der Waals surface area contributed by atoms with Crippen molar-refractivity contribution in [3.63, 3.8) is 0 Å². The van der Waals surface area contributed by atoms with Crippen molar-refractivity contribution < 1.29 is 13.9 Å². The van der Waals surface area contributed by atoms with Crippen molar-refractivity contribution in [2.24, 2.45) is 11.8 Å². The summed E-state index contributed by atoms with van der Waals surface area (Å²) in [6, 6.07) is 14.7. The molecule has 44 heavy (non-hydrogen) atoms. The zero-order valence-electron chi connectivity index (χ0n) is 26.5. The van der Waals surface area contributed by atoms with Crippen LogP contribution in [0.5, 0.6) is 5.75 Å². The maximum absolute atomic E-state index is 12.6. The number of para-hydroxylation sites is 1. The number of nitriles is 1. The zero-order chi connectivity index (χ0) is 32.1. The molecule has 0 radical (unpaired) electrons. The number of benzene rings is 1. The molecule has 7 nitrogen and oxygen atoms in total. The van der Waals surface area contributed by atoms with E-state index in [1.54, 1.807) is 23.1 Å². The van der Waals surface area contributed by atoms with Crippen LogP contribution >= 0.6 is 0 Å². The number of phenolic OH excluding ortho intramolecular Hbond substituents is 1. The zero-order valence-corrected chi connectivity index (χ0v) is 26.5. The van der Waals surface area contributed by atoms with Gasteiger partial charge in [0.15, 0.2) is 0 Å².